The largest absolute Gasteiger partial charge is 0.355 e. The minimum absolute atomic E-state index is 0.776. The second kappa shape index (κ2) is 6.37. The van der Waals surface area contributed by atoms with Gasteiger partial charge in [0.25, 0.3) is 0 Å². The van der Waals surface area contributed by atoms with Gasteiger partial charge in [-0.3, -0.25) is 4.98 Å². The molecule has 24 heavy (non-hydrogen) atoms. The number of benzene rings is 1. The van der Waals surface area contributed by atoms with Gasteiger partial charge in [-0.2, -0.15) is 0 Å². The van der Waals surface area contributed by atoms with Crippen molar-refractivity contribution in [3.63, 3.8) is 0 Å². The van der Waals surface area contributed by atoms with E-state index in [9.17, 15) is 0 Å². The van der Waals surface area contributed by atoms with Crippen LogP contribution in [0.1, 0.15) is 5.56 Å². The van der Waals surface area contributed by atoms with Gasteiger partial charge >= 0.3 is 0 Å². The lowest BCUT2D eigenvalue weighted by atomic mass is 10.1. The van der Waals surface area contributed by atoms with E-state index in [1.807, 2.05) is 30.6 Å². The molecule has 0 spiro atoms. The fourth-order valence-corrected chi connectivity index (χ4v) is 3.73. The van der Waals surface area contributed by atoms with Crippen LogP contribution in [-0.4, -0.2) is 22.0 Å². The number of pyridine rings is 1. The van der Waals surface area contributed by atoms with Crippen molar-refractivity contribution < 1.29 is 0 Å². The summed E-state index contributed by atoms with van der Waals surface area (Å²) in [5.41, 5.74) is 3.58. The summed E-state index contributed by atoms with van der Waals surface area (Å²) >= 11 is 1.66. The Morgan fingerprint density at radius 3 is 2.58 bits per heavy atom. The average molecular weight is 332 g/mol. The first-order valence-corrected chi connectivity index (χ1v) is 8.58. The van der Waals surface area contributed by atoms with Gasteiger partial charge in [0.05, 0.1) is 5.39 Å². The van der Waals surface area contributed by atoms with Crippen LogP contribution in [0.15, 0.2) is 66.6 Å². The highest BCUT2D eigenvalue weighted by atomic mass is 32.1. The number of nitrogens with zero attached hydrogens (tertiary/aromatic N) is 4. The summed E-state index contributed by atoms with van der Waals surface area (Å²) in [7, 11) is 2.06. The van der Waals surface area contributed by atoms with Crippen LogP contribution in [0.4, 0.5) is 5.82 Å². The molecule has 0 saturated carbocycles. The molecule has 1 aromatic carbocycles. The van der Waals surface area contributed by atoms with E-state index in [0.29, 0.717) is 0 Å². The molecule has 3 heterocycles. The molecule has 0 aliphatic heterocycles. The van der Waals surface area contributed by atoms with E-state index in [2.05, 4.69) is 56.5 Å². The fraction of sp³-hybridized carbons (Fsp3) is 0.105. The maximum Gasteiger partial charge on any atom is 0.141 e. The Morgan fingerprint density at radius 2 is 1.79 bits per heavy atom. The van der Waals surface area contributed by atoms with Crippen LogP contribution in [0, 0.1) is 0 Å². The molecule has 0 atom stereocenters. The number of rotatable bonds is 4. The number of fused-ring (bicyclic) bond motifs is 1. The minimum Gasteiger partial charge on any atom is -0.355 e. The molecule has 0 aliphatic carbocycles. The molecule has 5 heteroatoms. The van der Waals surface area contributed by atoms with E-state index in [1.54, 1.807) is 17.7 Å². The van der Waals surface area contributed by atoms with Gasteiger partial charge in [-0.1, -0.05) is 30.3 Å². The maximum absolute atomic E-state index is 4.57. The molecule has 118 valence electrons. The summed E-state index contributed by atoms with van der Waals surface area (Å²) in [5.74, 6) is 0.955. The van der Waals surface area contributed by atoms with Crippen LogP contribution < -0.4 is 4.90 Å². The van der Waals surface area contributed by atoms with Crippen LogP contribution in [0.25, 0.3) is 21.3 Å². The number of aromatic nitrogens is 3. The zero-order valence-electron chi connectivity index (χ0n) is 13.3. The lowest BCUT2D eigenvalue weighted by molar-refractivity contribution is 0.898. The van der Waals surface area contributed by atoms with Gasteiger partial charge in [0.2, 0.25) is 0 Å². The van der Waals surface area contributed by atoms with E-state index < -0.39 is 0 Å². The summed E-state index contributed by atoms with van der Waals surface area (Å²) in [5, 5.41) is 3.28. The quantitative estimate of drug-likeness (QED) is 0.556. The van der Waals surface area contributed by atoms with Crippen molar-refractivity contribution in [1.29, 1.82) is 0 Å². The zero-order chi connectivity index (χ0) is 16.4. The maximum atomic E-state index is 4.57. The Balaban J connectivity index is 1.79. The first-order chi connectivity index (χ1) is 11.8. The van der Waals surface area contributed by atoms with Gasteiger partial charge in [0, 0.05) is 36.9 Å². The molecule has 4 nitrogen and oxygen atoms in total. The predicted molar refractivity (Wildman–Crippen MR) is 99.2 cm³/mol. The third-order valence-electron chi connectivity index (χ3n) is 3.97. The normalized spacial score (nSPS) is 10.9. The molecule has 0 radical (unpaired) electrons. The fourth-order valence-electron chi connectivity index (χ4n) is 2.82. The first-order valence-electron chi connectivity index (χ1n) is 7.70. The van der Waals surface area contributed by atoms with Gasteiger partial charge in [-0.15, -0.1) is 11.3 Å². The molecule has 0 amide bonds. The van der Waals surface area contributed by atoms with Crippen molar-refractivity contribution in [2.75, 3.05) is 11.9 Å². The molecular formula is C19H16N4S. The molecule has 0 aliphatic rings. The Labute approximate surface area is 144 Å². The van der Waals surface area contributed by atoms with E-state index in [1.165, 1.54) is 16.7 Å². The van der Waals surface area contributed by atoms with Crippen molar-refractivity contribution in [3.05, 3.63) is 72.1 Å². The summed E-state index contributed by atoms with van der Waals surface area (Å²) < 4.78 is 0. The number of anilines is 1. The van der Waals surface area contributed by atoms with Gasteiger partial charge in [0.1, 0.15) is 17.0 Å². The monoisotopic (exact) mass is 332 g/mol. The standard InChI is InChI=1S/C19H16N4S/c1-23(11-14-7-9-20-10-8-14)18-17-16(15-5-3-2-4-6-15)12-24-19(17)22-13-21-18/h2-10,12-13H,11H2,1H3. The highest BCUT2D eigenvalue weighted by Crippen LogP contribution is 2.37. The number of thiophene rings is 1. The first kappa shape index (κ1) is 14.8. The highest BCUT2D eigenvalue weighted by Gasteiger charge is 2.15. The molecule has 0 saturated heterocycles. The molecule has 4 rings (SSSR count). The second-order valence-corrected chi connectivity index (χ2v) is 6.46. The van der Waals surface area contributed by atoms with Gasteiger partial charge in [-0.05, 0) is 23.3 Å². The summed E-state index contributed by atoms with van der Waals surface area (Å²) in [6, 6.07) is 14.5. The van der Waals surface area contributed by atoms with E-state index in [0.717, 1.165) is 22.6 Å². The molecule has 0 unspecified atom stereocenters. The number of hydrogen-bond acceptors (Lipinski definition) is 5. The SMILES string of the molecule is CN(Cc1ccncc1)c1ncnc2scc(-c3ccccc3)c12. The number of hydrogen-bond donors (Lipinski definition) is 0. The highest BCUT2D eigenvalue weighted by molar-refractivity contribution is 7.17. The molecular weight excluding hydrogens is 316 g/mol. The minimum atomic E-state index is 0.776. The lowest BCUT2D eigenvalue weighted by Gasteiger charge is -2.19. The van der Waals surface area contributed by atoms with E-state index in [4.69, 9.17) is 0 Å². The second-order valence-electron chi connectivity index (χ2n) is 5.60. The third-order valence-corrected chi connectivity index (χ3v) is 4.85. The summed E-state index contributed by atoms with van der Waals surface area (Å²) in [6.07, 6.45) is 5.28. The van der Waals surface area contributed by atoms with Crippen molar-refractivity contribution in [2.24, 2.45) is 0 Å². The third kappa shape index (κ3) is 2.74. The summed E-state index contributed by atoms with van der Waals surface area (Å²) in [6.45, 7) is 0.776. The Kier molecular flexibility index (Phi) is 3.92. The van der Waals surface area contributed by atoms with Gasteiger partial charge in [-0.25, -0.2) is 9.97 Å². The Morgan fingerprint density at radius 1 is 1.00 bits per heavy atom. The van der Waals surface area contributed by atoms with Gasteiger partial charge < -0.3 is 4.90 Å². The Bertz CT molecular complexity index is 951. The van der Waals surface area contributed by atoms with Crippen molar-refractivity contribution in [3.8, 4) is 11.1 Å². The molecule has 0 bridgehead atoms. The van der Waals surface area contributed by atoms with E-state index >= 15 is 0 Å². The molecule has 4 aromatic rings. The Hall–Kier alpha value is -2.79. The van der Waals surface area contributed by atoms with Crippen LogP contribution >= 0.6 is 11.3 Å². The van der Waals surface area contributed by atoms with Crippen molar-refractivity contribution >= 4 is 27.4 Å². The van der Waals surface area contributed by atoms with Gasteiger partial charge in [0.15, 0.2) is 0 Å². The summed E-state index contributed by atoms with van der Waals surface area (Å²) in [4.78, 5) is 16.3. The molecule has 0 fully saturated rings. The van der Waals surface area contributed by atoms with Crippen molar-refractivity contribution in [1.82, 2.24) is 15.0 Å². The van der Waals surface area contributed by atoms with E-state index in [-0.39, 0.29) is 0 Å². The van der Waals surface area contributed by atoms with Crippen LogP contribution in [0.5, 0.6) is 0 Å². The van der Waals surface area contributed by atoms with Crippen LogP contribution in [-0.2, 0) is 6.54 Å². The lowest BCUT2D eigenvalue weighted by Crippen LogP contribution is -2.18. The topological polar surface area (TPSA) is 41.9 Å². The molecule has 0 N–H and O–H groups in total. The van der Waals surface area contributed by atoms with Crippen molar-refractivity contribution in [2.45, 2.75) is 6.54 Å². The predicted octanol–water partition coefficient (Wildman–Crippen LogP) is 4.39. The average Bonchev–Trinajstić information content (AvgIpc) is 3.07. The van der Waals surface area contributed by atoms with Crippen LogP contribution in [0.3, 0.4) is 0 Å². The smallest absolute Gasteiger partial charge is 0.141 e. The molecule has 3 aromatic heterocycles. The van der Waals surface area contributed by atoms with Crippen LogP contribution in [0.2, 0.25) is 0 Å². The zero-order valence-corrected chi connectivity index (χ0v) is 14.1.